The lowest BCUT2D eigenvalue weighted by Gasteiger charge is -2.27. The molecule has 0 saturated carbocycles. The molecule has 0 aliphatic carbocycles. The first-order valence-electron chi connectivity index (χ1n) is 10.2. The van der Waals surface area contributed by atoms with Crippen LogP contribution in [-0.2, 0) is 20.7 Å². The summed E-state index contributed by atoms with van der Waals surface area (Å²) in [6, 6.07) is 8.70. The Kier molecular flexibility index (Phi) is 7.65. The normalized spacial score (nSPS) is 17.7. The summed E-state index contributed by atoms with van der Waals surface area (Å²) < 4.78 is 5.28. The van der Waals surface area contributed by atoms with Gasteiger partial charge in [-0.05, 0) is 38.7 Å². The van der Waals surface area contributed by atoms with E-state index in [2.05, 4.69) is 10.6 Å². The van der Waals surface area contributed by atoms with Gasteiger partial charge in [0, 0.05) is 13.1 Å². The van der Waals surface area contributed by atoms with Crippen LogP contribution in [0.15, 0.2) is 30.3 Å². The van der Waals surface area contributed by atoms with E-state index in [9.17, 15) is 14.4 Å². The molecule has 0 bridgehead atoms. The predicted octanol–water partition coefficient (Wildman–Crippen LogP) is 2.50. The van der Waals surface area contributed by atoms with E-state index in [0.29, 0.717) is 19.5 Å². The highest BCUT2D eigenvalue weighted by Crippen LogP contribution is 2.15. The summed E-state index contributed by atoms with van der Waals surface area (Å²) in [5.41, 5.74) is 0.340. The van der Waals surface area contributed by atoms with E-state index >= 15 is 0 Å². The van der Waals surface area contributed by atoms with Gasteiger partial charge in [-0.15, -0.1) is 0 Å². The van der Waals surface area contributed by atoms with Crippen LogP contribution in [0.4, 0.5) is 4.79 Å². The van der Waals surface area contributed by atoms with Crippen molar-refractivity contribution in [3.63, 3.8) is 0 Å². The number of nitrogens with one attached hydrogen (secondary N) is 2. The Hall–Kier alpha value is -2.57. The van der Waals surface area contributed by atoms with Crippen LogP contribution in [0.5, 0.6) is 0 Å². The molecule has 1 heterocycles. The molecule has 0 radical (unpaired) electrons. The zero-order valence-electron chi connectivity index (χ0n) is 18.0. The van der Waals surface area contributed by atoms with Crippen molar-refractivity contribution in [3.8, 4) is 0 Å². The van der Waals surface area contributed by atoms with Crippen LogP contribution in [-0.4, -0.2) is 53.6 Å². The van der Waals surface area contributed by atoms with E-state index in [0.717, 1.165) is 5.56 Å². The summed E-state index contributed by atoms with van der Waals surface area (Å²) >= 11 is 0. The van der Waals surface area contributed by atoms with E-state index < -0.39 is 17.7 Å². The largest absolute Gasteiger partial charge is 0.444 e. The van der Waals surface area contributed by atoms with Crippen LogP contribution < -0.4 is 10.6 Å². The summed E-state index contributed by atoms with van der Waals surface area (Å²) in [6.45, 7) is 10.2. The molecule has 160 valence electrons. The minimum atomic E-state index is -0.591. The fraction of sp³-hybridized carbons (Fsp3) is 0.591. The maximum atomic E-state index is 13.0. The molecular formula is C22H33N3O4. The fourth-order valence-corrected chi connectivity index (χ4v) is 3.27. The summed E-state index contributed by atoms with van der Waals surface area (Å²) in [4.78, 5) is 39.1. The van der Waals surface area contributed by atoms with Crippen molar-refractivity contribution in [1.82, 2.24) is 15.5 Å². The minimum Gasteiger partial charge on any atom is -0.444 e. The standard InChI is InChI=1S/C22H33N3O4/c1-15(2)19(24-18(26)13-16-9-7-6-8-10-16)20(27)25-12-11-17(14-25)23-21(28)29-22(3,4)5/h6-10,15,17,19H,11-14H2,1-5H3,(H,23,28)(H,24,26)/t17-,19+/m0/s1. The Balaban J connectivity index is 1.90. The molecule has 7 nitrogen and oxygen atoms in total. The van der Waals surface area contributed by atoms with Crippen molar-refractivity contribution >= 4 is 17.9 Å². The fourth-order valence-electron chi connectivity index (χ4n) is 3.27. The Morgan fingerprint density at radius 2 is 1.83 bits per heavy atom. The third-order valence-corrected chi connectivity index (χ3v) is 4.68. The first-order chi connectivity index (χ1) is 13.5. The molecule has 2 rings (SSSR count). The van der Waals surface area contributed by atoms with Crippen LogP contribution >= 0.6 is 0 Å². The van der Waals surface area contributed by atoms with Gasteiger partial charge in [0.2, 0.25) is 11.8 Å². The number of nitrogens with zero attached hydrogens (tertiary/aromatic N) is 1. The van der Waals surface area contributed by atoms with Gasteiger partial charge in [0.05, 0.1) is 12.5 Å². The van der Waals surface area contributed by atoms with Gasteiger partial charge in [-0.3, -0.25) is 9.59 Å². The Morgan fingerprint density at radius 3 is 2.41 bits per heavy atom. The smallest absolute Gasteiger partial charge is 0.407 e. The third kappa shape index (κ3) is 7.40. The Morgan fingerprint density at radius 1 is 1.17 bits per heavy atom. The molecule has 1 aromatic rings. The summed E-state index contributed by atoms with van der Waals surface area (Å²) in [7, 11) is 0. The van der Waals surface area contributed by atoms with Crippen LogP contribution in [0.25, 0.3) is 0 Å². The zero-order chi connectivity index (χ0) is 21.6. The highest BCUT2D eigenvalue weighted by molar-refractivity contribution is 5.89. The van der Waals surface area contributed by atoms with Gasteiger partial charge in [0.25, 0.3) is 0 Å². The lowest BCUT2D eigenvalue weighted by Crippen LogP contribution is -2.51. The molecule has 1 aliphatic heterocycles. The van der Waals surface area contributed by atoms with Gasteiger partial charge in [0.1, 0.15) is 11.6 Å². The van der Waals surface area contributed by atoms with Crippen LogP contribution in [0.3, 0.4) is 0 Å². The van der Waals surface area contributed by atoms with Crippen LogP contribution in [0, 0.1) is 5.92 Å². The molecule has 1 fully saturated rings. The molecule has 0 unspecified atom stereocenters. The summed E-state index contributed by atoms with van der Waals surface area (Å²) in [5, 5.41) is 5.71. The predicted molar refractivity (Wildman–Crippen MR) is 111 cm³/mol. The number of likely N-dealkylation sites (tertiary alicyclic amines) is 1. The molecule has 0 aromatic heterocycles. The minimum absolute atomic E-state index is 0.0416. The maximum Gasteiger partial charge on any atom is 0.407 e. The van der Waals surface area contributed by atoms with Crippen molar-refractivity contribution < 1.29 is 19.1 Å². The molecule has 7 heteroatoms. The molecule has 3 amide bonds. The number of carbonyl (C=O) groups excluding carboxylic acids is 3. The first kappa shape index (κ1) is 22.7. The SMILES string of the molecule is CC(C)[C@@H](NC(=O)Cc1ccccc1)C(=O)N1CC[C@H](NC(=O)OC(C)(C)C)C1. The summed E-state index contributed by atoms with van der Waals surface area (Å²) in [6.07, 6.45) is 0.418. The number of carbonyl (C=O) groups is 3. The van der Waals surface area contributed by atoms with Gasteiger partial charge in [-0.25, -0.2) is 4.79 Å². The molecule has 0 spiro atoms. The van der Waals surface area contributed by atoms with Gasteiger partial charge >= 0.3 is 6.09 Å². The van der Waals surface area contributed by atoms with E-state index in [-0.39, 0.29) is 30.2 Å². The quantitative estimate of drug-likeness (QED) is 0.764. The van der Waals surface area contributed by atoms with Crippen molar-refractivity contribution in [1.29, 1.82) is 0 Å². The average molecular weight is 404 g/mol. The molecular weight excluding hydrogens is 370 g/mol. The molecule has 2 N–H and O–H groups in total. The number of ether oxygens (including phenoxy) is 1. The molecule has 1 aromatic carbocycles. The lowest BCUT2D eigenvalue weighted by molar-refractivity contribution is -0.136. The van der Waals surface area contributed by atoms with E-state index in [1.165, 1.54) is 0 Å². The van der Waals surface area contributed by atoms with Crippen LogP contribution in [0.2, 0.25) is 0 Å². The van der Waals surface area contributed by atoms with Gasteiger partial charge in [-0.2, -0.15) is 0 Å². The van der Waals surface area contributed by atoms with E-state index in [4.69, 9.17) is 4.74 Å². The van der Waals surface area contributed by atoms with Crippen LogP contribution in [0.1, 0.15) is 46.6 Å². The zero-order valence-corrected chi connectivity index (χ0v) is 18.0. The number of rotatable bonds is 6. The lowest BCUT2D eigenvalue weighted by atomic mass is 10.0. The van der Waals surface area contributed by atoms with E-state index in [1.54, 1.807) is 4.90 Å². The first-order valence-corrected chi connectivity index (χ1v) is 10.2. The van der Waals surface area contributed by atoms with E-state index in [1.807, 2.05) is 65.0 Å². The number of hydrogen-bond acceptors (Lipinski definition) is 4. The van der Waals surface area contributed by atoms with Crippen molar-refractivity contribution in [3.05, 3.63) is 35.9 Å². The number of amides is 3. The second kappa shape index (κ2) is 9.76. The Bertz CT molecular complexity index is 713. The molecule has 2 atom stereocenters. The number of benzene rings is 1. The van der Waals surface area contributed by atoms with Crippen molar-refractivity contribution in [2.45, 2.75) is 65.1 Å². The second-order valence-corrected chi connectivity index (χ2v) is 8.87. The van der Waals surface area contributed by atoms with Gasteiger partial charge in [-0.1, -0.05) is 44.2 Å². The average Bonchev–Trinajstić information content (AvgIpc) is 3.06. The summed E-state index contributed by atoms with van der Waals surface area (Å²) in [5.74, 6) is -0.333. The monoisotopic (exact) mass is 403 g/mol. The Labute approximate surface area is 173 Å². The molecule has 29 heavy (non-hydrogen) atoms. The van der Waals surface area contributed by atoms with Gasteiger partial charge < -0.3 is 20.3 Å². The van der Waals surface area contributed by atoms with Gasteiger partial charge in [0.15, 0.2) is 0 Å². The topological polar surface area (TPSA) is 87.7 Å². The molecule has 1 aliphatic rings. The van der Waals surface area contributed by atoms with Crippen molar-refractivity contribution in [2.24, 2.45) is 5.92 Å². The third-order valence-electron chi connectivity index (χ3n) is 4.68. The highest BCUT2D eigenvalue weighted by Gasteiger charge is 2.34. The number of alkyl carbamates (subject to hydrolysis) is 1. The highest BCUT2D eigenvalue weighted by atomic mass is 16.6. The second-order valence-electron chi connectivity index (χ2n) is 8.87. The molecule has 1 saturated heterocycles. The number of hydrogen-bond donors (Lipinski definition) is 2. The van der Waals surface area contributed by atoms with Crippen molar-refractivity contribution in [2.75, 3.05) is 13.1 Å². The maximum absolute atomic E-state index is 13.0.